The normalized spacial score (nSPS) is 19.7. The van der Waals surface area contributed by atoms with Crippen LogP contribution < -0.4 is 5.48 Å². The monoisotopic (exact) mass is 366 g/mol. The first-order chi connectivity index (χ1) is 11.8. The number of hydroxylamine groups is 1. The molecule has 134 valence electrons. The van der Waals surface area contributed by atoms with Gasteiger partial charge in [-0.15, -0.1) is 5.92 Å². The number of hydrogen-bond acceptors (Lipinski definition) is 5. The van der Waals surface area contributed by atoms with Gasteiger partial charge in [-0.25, -0.2) is 9.87 Å². The zero-order valence-electron chi connectivity index (χ0n) is 14.1. The van der Waals surface area contributed by atoms with E-state index in [0.717, 1.165) is 0 Å². The fraction of sp³-hybridized carbons (Fsp3) is 0.412. The molecule has 1 heterocycles. The van der Waals surface area contributed by atoms with Crippen molar-refractivity contribution in [1.29, 1.82) is 0 Å². The Labute approximate surface area is 147 Å². The number of oxime groups is 1. The van der Waals surface area contributed by atoms with Crippen LogP contribution in [0.15, 0.2) is 23.4 Å². The van der Waals surface area contributed by atoms with Crippen LogP contribution in [0.2, 0.25) is 0 Å². The summed E-state index contributed by atoms with van der Waals surface area (Å²) in [6.45, 7) is 3.14. The van der Waals surface area contributed by atoms with Crippen LogP contribution in [0.4, 0.5) is 4.39 Å². The Morgan fingerprint density at radius 1 is 1.60 bits per heavy atom. The highest BCUT2D eigenvalue weighted by Gasteiger charge is 2.42. The first-order valence-electron chi connectivity index (χ1n) is 7.55. The molecule has 0 bridgehead atoms. The van der Waals surface area contributed by atoms with E-state index in [-0.39, 0.29) is 12.8 Å². The van der Waals surface area contributed by atoms with Crippen LogP contribution in [0.25, 0.3) is 0 Å². The number of benzene rings is 1. The molecule has 1 aromatic carbocycles. The molecule has 2 unspecified atom stereocenters. The van der Waals surface area contributed by atoms with Crippen molar-refractivity contribution in [2.75, 3.05) is 6.26 Å². The Morgan fingerprint density at radius 3 is 2.88 bits per heavy atom. The molecule has 2 rings (SSSR count). The Balaban J connectivity index is 2.14. The Hall–Kier alpha value is -2.24. The van der Waals surface area contributed by atoms with E-state index in [4.69, 9.17) is 10.0 Å². The maximum Gasteiger partial charge on any atom is 0.262 e. The molecule has 1 aliphatic heterocycles. The molecule has 3 atom stereocenters. The number of amides is 1. The second-order valence-electron chi connectivity index (χ2n) is 5.87. The molecule has 0 aliphatic carbocycles. The van der Waals surface area contributed by atoms with Gasteiger partial charge in [0.15, 0.2) is 0 Å². The molecule has 0 aromatic heterocycles. The summed E-state index contributed by atoms with van der Waals surface area (Å²) in [6, 6.07) is 4.60. The third-order valence-electron chi connectivity index (χ3n) is 4.12. The summed E-state index contributed by atoms with van der Waals surface area (Å²) < 4.78 is 24.8. The highest BCUT2D eigenvalue weighted by Crippen LogP contribution is 2.28. The fourth-order valence-corrected chi connectivity index (χ4v) is 3.29. The first kappa shape index (κ1) is 19.1. The molecule has 8 heteroatoms. The molecule has 0 radical (unpaired) electrons. The molecule has 25 heavy (non-hydrogen) atoms. The van der Waals surface area contributed by atoms with Crippen molar-refractivity contribution >= 4 is 22.4 Å². The number of halogens is 1. The van der Waals surface area contributed by atoms with Gasteiger partial charge in [-0.1, -0.05) is 11.1 Å². The van der Waals surface area contributed by atoms with E-state index in [1.54, 1.807) is 19.1 Å². The van der Waals surface area contributed by atoms with Gasteiger partial charge in [-0.3, -0.25) is 14.2 Å². The zero-order chi connectivity index (χ0) is 18.6. The van der Waals surface area contributed by atoms with Crippen molar-refractivity contribution < 1.29 is 23.4 Å². The molecule has 0 saturated heterocycles. The van der Waals surface area contributed by atoms with Crippen molar-refractivity contribution in [3.63, 3.8) is 0 Å². The number of carbonyl (C=O) groups excluding carboxylic acids is 1. The van der Waals surface area contributed by atoms with Crippen LogP contribution in [0.5, 0.6) is 0 Å². The van der Waals surface area contributed by atoms with Crippen LogP contribution in [0.1, 0.15) is 37.8 Å². The summed E-state index contributed by atoms with van der Waals surface area (Å²) >= 11 is 0. The van der Waals surface area contributed by atoms with Crippen LogP contribution in [0.3, 0.4) is 0 Å². The third kappa shape index (κ3) is 4.06. The van der Waals surface area contributed by atoms with Gasteiger partial charge in [0.25, 0.3) is 5.91 Å². The minimum Gasteiger partial charge on any atom is -0.392 e. The van der Waals surface area contributed by atoms with Crippen LogP contribution >= 0.6 is 0 Å². The second kappa shape index (κ2) is 7.76. The maximum atomic E-state index is 14.3. The molecular formula is C17H19FN2O4S. The quantitative estimate of drug-likeness (QED) is 0.472. The first-order valence-corrected chi connectivity index (χ1v) is 9.11. The smallest absolute Gasteiger partial charge is 0.262 e. The van der Waals surface area contributed by atoms with Crippen molar-refractivity contribution in [3.8, 4) is 11.8 Å². The van der Waals surface area contributed by atoms with E-state index in [9.17, 15) is 13.4 Å². The summed E-state index contributed by atoms with van der Waals surface area (Å²) in [5.74, 6) is 4.25. The molecule has 0 fully saturated rings. The van der Waals surface area contributed by atoms with E-state index in [1.807, 2.05) is 0 Å². The second-order valence-corrected chi connectivity index (χ2v) is 7.68. The lowest BCUT2D eigenvalue weighted by Crippen LogP contribution is -2.48. The van der Waals surface area contributed by atoms with Gasteiger partial charge in [0.2, 0.25) is 0 Å². The fourth-order valence-electron chi connectivity index (χ4n) is 2.56. The molecule has 1 amide bonds. The average molecular weight is 366 g/mol. The third-order valence-corrected chi connectivity index (χ3v) is 5.74. The van der Waals surface area contributed by atoms with E-state index in [2.05, 4.69) is 17.0 Å². The lowest BCUT2D eigenvalue weighted by Gasteiger charge is -2.26. The van der Waals surface area contributed by atoms with E-state index in [1.165, 1.54) is 24.7 Å². The number of hydrogen-bond donors (Lipinski definition) is 2. The number of rotatable bonds is 5. The van der Waals surface area contributed by atoms with Crippen molar-refractivity contribution in [2.24, 2.45) is 5.16 Å². The summed E-state index contributed by atoms with van der Waals surface area (Å²) in [5.41, 5.74) is 2.81. The summed E-state index contributed by atoms with van der Waals surface area (Å²) in [4.78, 5) is 17.1. The van der Waals surface area contributed by atoms with Gasteiger partial charge in [-0.2, -0.15) is 0 Å². The van der Waals surface area contributed by atoms with E-state index >= 15 is 0 Å². The lowest BCUT2D eigenvalue weighted by atomic mass is 9.96. The minimum absolute atomic E-state index is 0.0660. The molecule has 0 saturated carbocycles. The largest absolute Gasteiger partial charge is 0.392 e. The Kier molecular flexibility index (Phi) is 5.93. The summed E-state index contributed by atoms with van der Waals surface area (Å²) in [5, 5.41) is 12.8. The lowest BCUT2D eigenvalue weighted by molar-refractivity contribution is -0.132. The topological polar surface area (TPSA) is 88.0 Å². The number of nitrogens with zero attached hydrogens (tertiary/aromatic N) is 1. The number of carbonyl (C=O) groups is 1. The summed E-state index contributed by atoms with van der Waals surface area (Å²) in [6.07, 6.45) is 1.16. The maximum absolute atomic E-state index is 14.3. The Bertz CT molecular complexity index is 800. The molecule has 1 aliphatic rings. The van der Waals surface area contributed by atoms with Gasteiger partial charge >= 0.3 is 0 Å². The zero-order valence-corrected chi connectivity index (χ0v) is 14.9. The standard InChI is InChI=1S/C17H19FN2O4S/c1-4-5-11-6-7-13(14(18)8-11)15-9-12(24-20-15)10-17(2,25(3)23)16(21)19-22/h6-8,12,22H,9-10H2,1-3H3,(H,19,21)/t12?,17-,25?/m1/s1. The van der Waals surface area contributed by atoms with Gasteiger partial charge in [0.1, 0.15) is 16.7 Å². The van der Waals surface area contributed by atoms with Crippen molar-refractivity contribution in [1.82, 2.24) is 5.48 Å². The predicted molar refractivity (Wildman–Crippen MR) is 92.0 cm³/mol. The van der Waals surface area contributed by atoms with Gasteiger partial charge in [0, 0.05) is 41.0 Å². The Morgan fingerprint density at radius 2 is 2.32 bits per heavy atom. The molecule has 0 spiro atoms. The van der Waals surface area contributed by atoms with E-state index in [0.29, 0.717) is 16.8 Å². The SMILES string of the molecule is CC#Cc1ccc(C2=NOC(C[C@](C)(C(=O)NO)S(C)=O)C2)c(F)c1. The van der Waals surface area contributed by atoms with E-state index < -0.39 is 33.4 Å². The molecule has 6 nitrogen and oxygen atoms in total. The van der Waals surface area contributed by atoms with Crippen LogP contribution in [0, 0.1) is 17.7 Å². The van der Waals surface area contributed by atoms with Crippen molar-refractivity contribution in [3.05, 3.63) is 35.1 Å². The average Bonchev–Trinajstić information content (AvgIpc) is 3.02. The molecule has 2 N–H and O–H groups in total. The predicted octanol–water partition coefficient (Wildman–Crippen LogP) is 1.72. The van der Waals surface area contributed by atoms with Gasteiger partial charge in [0.05, 0.1) is 5.71 Å². The van der Waals surface area contributed by atoms with Gasteiger partial charge in [-0.05, 0) is 32.0 Å². The number of nitrogens with one attached hydrogen (secondary N) is 1. The van der Waals surface area contributed by atoms with Crippen LogP contribution in [-0.4, -0.2) is 38.1 Å². The molecule has 1 aromatic rings. The summed E-state index contributed by atoms with van der Waals surface area (Å²) in [7, 11) is -1.55. The van der Waals surface area contributed by atoms with Crippen molar-refractivity contribution in [2.45, 2.75) is 37.5 Å². The van der Waals surface area contributed by atoms with Gasteiger partial charge < -0.3 is 4.84 Å². The highest BCUT2D eigenvalue weighted by molar-refractivity contribution is 7.86. The minimum atomic E-state index is -1.55. The molecular weight excluding hydrogens is 347 g/mol. The van der Waals surface area contributed by atoms with Crippen LogP contribution in [-0.2, 0) is 20.4 Å². The highest BCUT2D eigenvalue weighted by atomic mass is 32.2.